The van der Waals surface area contributed by atoms with Gasteiger partial charge in [-0.2, -0.15) is 0 Å². The van der Waals surface area contributed by atoms with Crippen LogP contribution in [0.25, 0.3) is 33.4 Å². The van der Waals surface area contributed by atoms with E-state index in [4.69, 9.17) is 32.7 Å². The van der Waals surface area contributed by atoms with Crippen LogP contribution in [0, 0.1) is 11.6 Å². The zero-order valence-electron chi connectivity index (χ0n) is 22.6. The molecule has 0 saturated carbocycles. The summed E-state index contributed by atoms with van der Waals surface area (Å²) in [5.41, 5.74) is 1.93. The third-order valence-electron chi connectivity index (χ3n) is 7.37. The summed E-state index contributed by atoms with van der Waals surface area (Å²) in [6.07, 6.45) is 1.09. The monoisotopic (exact) mass is 636 g/mol. The molecule has 222 valence electrons. The van der Waals surface area contributed by atoms with Crippen LogP contribution < -0.4 is 19.3 Å². The molecule has 2 heterocycles. The van der Waals surface area contributed by atoms with E-state index in [-0.39, 0.29) is 70.3 Å². The standard InChI is InChI=1S/C32H20Cl2F2N2O6/c33-31-17(3-1-5-19(31)21-11-27-25(13-23(21)35)37(7-9-39)29(41)15-43-27)18-4-2-6-20(32(18)34)22-12-28-26(14-24(22)36)38(8-10-40)30(42)16-44-28/h1-6,9-14H,7-8,15-16H2. The van der Waals surface area contributed by atoms with Crippen LogP contribution in [-0.4, -0.2) is 50.7 Å². The molecular weight excluding hydrogens is 617 g/mol. The Morgan fingerprint density at radius 3 is 1.36 bits per heavy atom. The van der Waals surface area contributed by atoms with Crippen molar-refractivity contribution in [1.82, 2.24) is 0 Å². The fourth-order valence-electron chi connectivity index (χ4n) is 5.30. The van der Waals surface area contributed by atoms with Gasteiger partial charge in [-0.3, -0.25) is 19.4 Å². The minimum Gasteiger partial charge on any atom is -0.482 e. The van der Waals surface area contributed by atoms with Crippen LogP contribution >= 0.6 is 23.2 Å². The van der Waals surface area contributed by atoms with E-state index < -0.39 is 23.4 Å². The maximum absolute atomic E-state index is 15.5. The van der Waals surface area contributed by atoms with E-state index in [1.807, 2.05) is 0 Å². The first-order valence-electron chi connectivity index (χ1n) is 13.2. The van der Waals surface area contributed by atoms with E-state index >= 15 is 8.78 Å². The summed E-state index contributed by atoms with van der Waals surface area (Å²) in [4.78, 5) is 48.9. The molecule has 0 unspecified atom stereocenters. The number of fused-ring (bicyclic) bond motifs is 2. The van der Waals surface area contributed by atoms with Gasteiger partial charge in [-0.1, -0.05) is 59.6 Å². The first-order chi connectivity index (χ1) is 21.2. The Hall–Kier alpha value is -4.80. The molecule has 6 rings (SSSR count). The lowest BCUT2D eigenvalue weighted by Gasteiger charge is -2.28. The topological polar surface area (TPSA) is 93.2 Å². The van der Waals surface area contributed by atoms with Crippen LogP contribution in [0.15, 0.2) is 60.7 Å². The van der Waals surface area contributed by atoms with Gasteiger partial charge in [0.15, 0.2) is 13.2 Å². The van der Waals surface area contributed by atoms with Crippen molar-refractivity contribution in [3.8, 4) is 44.9 Å². The van der Waals surface area contributed by atoms with Crippen molar-refractivity contribution in [1.29, 1.82) is 0 Å². The Kier molecular flexibility index (Phi) is 7.79. The van der Waals surface area contributed by atoms with Crippen molar-refractivity contribution in [3.63, 3.8) is 0 Å². The molecule has 2 aliphatic heterocycles. The average Bonchev–Trinajstić information content (AvgIpc) is 3.01. The quantitative estimate of drug-likeness (QED) is 0.227. The molecular formula is C32H20Cl2F2N2O6. The molecule has 2 aliphatic rings. The lowest BCUT2D eigenvalue weighted by atomic mass is 9.94. The minimum absolute atomic E-state index is 0.0931. The number of hydrogen-bond donors (Lipinski definition) is 0. The van der Waals surface area contributed by atoms with Crippen molar-refractivity contribution in [2.75, 3.05) is 36.1 Å². The van der Waals surface area contributed by atoms with Gasteiger partial charge in [0.1, 0.15) is 35.7 Å². The summed E-state index contributed by atoms with van der Waals surface area (Å²) in [5.74, 6) is -1.92. The number of amides is 2. The van der Waals surface area contributed by atoms with Gasteiger partial charge < -0.3 is 19.1 Å². The largest absolute Gasteiger partial charge is 0.482 e. The second kappa shape index (κ2) is 11.7. The van der Waals surface area contributed by atoms with E-state index in [0.29, 0.717) is 34.8 Å². The lowest BCUT2D eigenvalue weighted by molar-refractivity contribution is -0.122. The van der Waals surface area contributed by atoms with Crippen molar-refractivity contribution in [3.05, 3.63) is 82.3 Å². The Labute approximate surface area is 259 Å². The van der Waals surface area contributed by atoms with E-state index in [1.165, 1.54) is 12.1 Å². The Morgan fingerprint density at radius 2 is 1.00 bits per heavy atom. The Balaban J connectivity index is 1.42. The molecule has 0 bridgehead atoms. The van der Waals surface area contributed by atoms with Gasteiger partial charge in [0, 0.05) is 45.5 Å². The first kappa shape index (κ1) is 29.3. The Morgan fingerprint density at radius 1 is 0.636 bits per heavy atom. The molecule has 8 nitrogen and oxygen atoms in total. The summed E-state index contributed by atoms with van der Waals surface area (Å²) in [5, 5.41) is 0.304. The fraction of sp³-hybridized carbons (Fsp3) is 0.125. The van der Waals surface area contributed by atoms with Gasteiger partial charge in [-0.05, 0) is 12.1 Å². The van der Waals surface area contributed by atoms with Gasteiger partial charge in [0.25, 0.3) is 11.8 Å². The van der Waals surface area contributed by atoms with Crippen molar-refractivity contribution < 1.29 is 37.4 Å². The molecule has 0 spiro atoms. The summed E-state index contributed by atoms with van der Waals surface area (Å²) in [6.45, 7) is -1.11. The molecule has 0 radical (unpaired) electrons. The molecule has 12 heteroatoms. The van der Waals surface area contributed by atoms with E-state index in [9.17, 15) is 19.2 Å². The highest BCUT2D eigenvalue weighted by atomic mass is 35.5. The average molecular weight is 637 g/mol. The molecule has 4 aromatic rings. The number of benzene rings is 4. The molecule has 0 fully saturated rings. The minimum atomic E-state index is -0.699. The number of rotatable bonds is 7. The van der Waals surface area contributed by atoms with E-state index in [0.717, 1.165) is 21.9 Å². The SMILES string of the molecule is O=CCN1C(=O)COc2cc(-c3cccc(-c4cccc(-c5cc6c(cc5F)N(CC=O)C(=O)CO6)c4Cl)c3Cl)c(F)cc21. The predicted molar refractivity (Wildman–Crippen MR) is 161 cm³/mol. The highest BCUT2D eigenvalue weighted by molar-refractivity contribution is 6.39. The molecule has 0 aromatic heterocycles. The van der Waals surface area contributed by atoms with Gasteiger partial charge in [0.05, 0.1) is 34.5 Å². The zero-order chi connectivity index (χ0) is 31.1. The maximum atomic E-state index is 15.5. The molecule has 0 atom stereocenters. The Bertz CT molecular complexity index is 1750. The third-order valence-corrected chi connectivity index (χ3v) is 8.18. The van der Waals surface area contributed by atoms with Gasteiger partial charge in [-0.25, -0.2) is 8.78 Å². The number of ether oxygens (including phenoxy) is 2. The summed E-state index contributed by atoms with van der Waals surface area (Å²) >= 11 is 13.7. The molecule has 44 heavy (non-hydrogen) atoms. The number of aldehydes is 2. The number of anilines is 2. The zero-order valence-corrected chi connectivity index (χ0v) is 24.1. The van der Waals surface area contributed by atoms with Gasteiger partial charge in [-0.15, -0.1) is 0 Å². The first-order valence-corrected chi connectivity index (χ1v) is 14.0. The van der Waals surface area contributed by atoms with E-state index in [2.05, 4.69) is 0 Å². The van der Waals surface area contributed by atoms with Crippen LogP contribution in [0.1, 0.15) is 0 Å². The molecule has 0 aliphatic carbocycles. The molecule has 4 aromatic carbocycles. The maximum Gasteiger partial charge on any atom is 0.265 e. The van der Waals surface area contributed by atoms with Gasteiger partial charge in [0.2, 0.25) is 0 Å². The number of hydrogen-bond acceptors (Lipinski definition) is 6. The lowest BCUT2D eigenvalue weighted by Crippen LogP contribution is -2.40. The molecule has 0 saturated heterocycles. The summed E-state index contributed by atoms with van der Waals surface area (Å²) in [6, 6.07) is 15.0. The molecule has 0 N–H and O–H groups in total. The summed E-state index contributed by atoms with van der Waals surface area (Å²) in [7, 11) is 0. The normalized spacial score (nSPS) is 14.0. The van der Waals surface area contributed by atoms with Crippen LogP contribution in [0.5, 0.6) is 11.5 Å². The fourth-order valence-corrected chi connectivity index (χ4v) is 5.96. The highest BCUT2D eigenvalue weighted by Gasteiger charge is 2.30. The number of carbonyl (C=O) groups excluding carboxylic acids is 4. The van der Waals surface area contributed by atoms with Crippen molar-refractivity contribution in [2.45, 2.75) is 0 Å². The van der Waals surface area contributed by atoms with Crippen LogP contribution in [-0.2, 0) is 19.2 Å². The van der Waals surface area contributed by atoms with Crippen molar-refractivity contribution in [2.24, 2.45) is 0 Å². The number of nitrogens with zero attached hydrogens (tertiary/aromatic N) is 2. The van der Waals surface area contributed by atoms with Crippen molar-refractivity contribution >= 4 is 59.0 Å². The smallest absolute Gasteiger partial charge is 0.265 e. The third kappa shape index (κ3) is 4.95. The van der Waals surface area contributed by atoms with Crippen LogP contribution in [0.4, 0.5) is 20.2 Å². The van der Waals surface area contributed by atoms with Gasteiger partial charge >= 0.3 is 0 Å². The predicted octanol–water partition coefficient (Wildman–Crippen LogP) is 6.12. The second-order valence-corrected chi connectivity index (χ2v) is 10.6. The second-order valence-electron chi connectivity index (χ2n) is 9.85. The number of halogens is 4. The summed E-state index contributed by atoms with van der Waals surface area (Å²) < 4.78 is 42.0. The number of carbonyl (C=O) groups is 4. The van der Waals surface area contributed by atoms with Crippen LogP contribution in [0.2, 0.25) is 10.0 Å². The molecule has 2 amide bonds. The highest BCUT2D eigenvalue weighted by Crippen LogP contribution is 2.46. The van der Waals surface area contributed by atoms with Crippen LogP contribution in [0.3, 0.4) is 0 Å². The van der Waals surface area contributed by atoms with E-state index in [1.54, 1.807) is 36.4 Å².